The van der Waals surface area contributed by atoms with Crippen LogP contribution in [0.4, 0.5) is 0 Å². The van der Waals surface area contributed by atoms with Crippen LogP contribution in [0, 0.1) is 13.8 Å². The lowest BCUT2D eigenvalue weighted by Crippen LogP contribution is -2.69. The predicted octanol–water partition coefficient (Wildman–Crippen LogP) is 1.63. The number of carbonyl (C=O) groups excluding carboxylic acids is 2. The van der Waals surface area contributed by atoms with Crippen LogP contribution in [0.3, 0.4) is 0 Å². The lowest BCUT2D eigenvalue weighted by molar-refractivity contribution is -0.159. The molecule has 0 spiro atoms. The number of thioether (sulfide) groups is 1. The van der Waals surface area contributed by atoms with Gasteiger partial charge in [0.2, 0.25) is 0 Å². The molecular weight excluding hydrogens is 566 g/mol. The van der Waals surface area contributed by atoms with Gasteiger partial charge in [-0.2, -0.15) is 0 Å². The Morgan fingerprint density at radius 1 is 1.12 bits per heavy atom. The molecule has 13 heteroatoms. The summed E-state index contributed by atoms with van der Waals surface area (Å²) in [7, 11) is 2.90. The molecule has 0 saturated carbocycles. The number of esters is 2. The summed E-state index contributed by atoms with van der Waals surface area (Å²) in [6, 6.07) is -1.35. The molecule has 4 bridgehead atoms. The number of aliphatic hydroxyl groups is 1. The van der Waals surface area contributed by atoms with Crippen LogP contribution in [0.1, 0.15) is 57.6 Å². The smallest absolute Gasteiger partial charge is 0.323 e. The van der Waals surface area contributed by atoms with Crippen LogP contribution in [0.5, 0.6) is 28.7 Å². The third-order valence-corrected chi connectivity index (χ3v) is 10.3. The predicted molar refractivity (Wildman–Crippen MR) is 152 cm³/mol. The van der Waals surface area contributed by atoms with Crippen molar-refractivity contribution in [2.45, 2.75) is 68.9 Å². The minimum Gasteiger partial charge on any atom is -0.504 e. The number of phenols is 2. The molecule has 12 nitrogen and oxygen atoms in total. The summed E-state index contributed by atoms with van der Waals surface area (Å²) < 4.78 is 22.6. The second-order valence-electron chi connectivity index (χ2n) is 11.2. The Morgan fingerprint density at radius 2 is 1.81 bits per heavy atom. The molecule has 2 aromatic rings. The highest BCUT2D eigenvalue weighted by molar-refractivity contribution is 7.99. The number of rotatable bonds is 3. The van der Waals surface area contributed by atoms with Gasteiger partial charge in [0.25, 0.3) is 0 Å². The van der Waals surface area contributed by atoms with E-state index in [9.17, 15) is 24.9 Å². The van der Waals surface area contributed by atoms with Gasteiger partial charge in [-0.25, -0.2) is 0 Å². The summed E-state index contributed by atoms with van der Waals surface area (Å²) >= 11 is 1.34. The van der Waals surface area contributed by atoms with Gasteiger partial charge in [-0.1, -0.05) is 6.07 Å². The van der Waals surface area contributed by atoms with Crippen molar-refractivity contribution in [3.63, 3.8) is 0 Å². The minimum absolute atomic E-state index is 0.00933. The molecule has 6 N–H and O–H groups in total. The number of cyclic esters (lactones) is 1. The molecule has 42 heavy (non-hydrogen) atoms. The van der Waals surface area contributed by atoms with Gasteiger partial charge in [0, 0.05) is 41.0 Å². The number of nitrogens with two attached hydrogens (primary N) is 1. The van der Waals surface area contributed by atoms with E-state index in [1.54, 1.807) is 6.92 Å². The van der Waals surface area contributed by atoms with Crippen molar-refractivity contribution in [1.29, 1.82) is 0 Å². The Bertz CT molecular complexity index is 1480. The summed E-state index contributed by atoms with van der Waals surface area (Å²) in [5.74, 6) is -0.486. The van der Waals surface area contributed by atoms with E-state index >= 15 is 0 Å². The topological polar surface area (TPSA) is 173 Å². The molecule has 226 valence electrons. The average Bonchev–Trinajstić information content (AvgIpc) is 2.94. The molecule has 2 fully saturated rings. The first kappa shape index (κ1) is 28.9. The Labute approximate surface area is 247 Å². The van der Waals surface area contributed by atoms with Gasteiger partial charge in [-0.05, 0) is 31.4 Å². The van der Waals surface area contributed by atoms with Gasteiger partial charge in [0.15, 0.2) is 23.0 Å². The van der Waals surface area contributed by atoms with Crippen molar-refractivity contribution in [3.05, 3.63) is 39.4 Å². The van der Waals surface area contributed by atoms with Crippen LogP contribution in [-0.2, 0) is 20.7 Å². The van der Waals surface area contributed by atoms with Crippen LogP contribution in [0.15, 0.2) is 6.07 Å². The summed E-state index contributed by atoms with van der Waals surface area (Å²) in [4.78, 5) is 27.0. The van der Waals surface area contributed by atoms with Crippen molar-refractivity contribution in [1.82, 2.24) is 10.2 Å². The quantitative estimate of drug-likeness (QED) is 0.254. The first-order chi connectivity index (χ1) is 20.0. The number of hydrogen-bond acceptors (Lipinski definition) is 13. The number of nitrogens with zero attached hydrogens (tertiary/aromatic N) is 1. The number of fused-ring (bicyclic) bond motifs is 7. The SMILES string of the molecule is COc1c(C)cc2c(c1O)[C@H]1N[C@H](C2)[C@H](O)N2[C@H]1[C@@H]1SC[C@H](N)C(=O)OC[C@H]2c2c(O)c(OC)c(C)c(OC(C)=O)c21. The minimum atomic E-state index is -1.07. The summed E-state index contributed by atoms with van der Waals surface area (Å²) in [5, 5.41) is 38.0. The van der Waals surface area contributed by atoms with Crippen molar-refractivity contribution in [3.8, 4) is 28.7 Å². The standard InChI is InChI=1S/C29H35N3O9S/c1-10-6-13-7-15-28(36)32-16-8-40-29(37)14(30)9-42-27(21(32)20(31-15)17(13)22(34)24(10)38-4)19-18(16)23(35)26(39-5)11(2)25(19)41-12(3)33/h6,14-16,20-21,27-28,31,34-36H,7-9,30H2,1-5H3/t14-,15+,16-,20+,21+,27+,28-/m0/s1. The van der Waals surface area contributed by atoms with Gasteiger partial charge in [-0.15, -0.1) is 11.8 Å². The number of aromatic hydroxyl groups is 2. The van der Waals surface area contributed by atoms with E-state index in [-0.39, 0.29) is 35.4 Å². The lowest BCUT2D eigenvalue weighted by atomic mass is 9.74. The number of methoxy groups -OCH3 is 2. The van der Waals surface area contributed by atoms with E-state index in [0.717, 1.165) is 11.1 Å². The fraction of sp³-hybridized carbons (Fsp3) is 0.517. The molecule has 0 aliphatic carbocycles. The number of nitrogens with one attached hydrogen (secondary N) is 1. The maximum absolute atomic E-state index is 12.8. The molecule has 4 aliphatic rings. The van der Waals surface area contributed by atoms with Crippen molar-refractivity contribution in [2.24, 2.45) is 5.73 Å². The van der Waals surface area contributed by atoms with Crippen LogP contribution in [0.25, 0.3) is 0 Å². The number of aliphatic hydroxyl groups excluding tert-OH is 1. The highest BCUT2D eigenvalue weighted by atomic mass is 32.2. The Morgan fingerprint density at radius 3 is 2.48 bits per heavy atom. The molecule has 0 aromatic heterocycles. The van der Waals surface area contributed by atoms with Gasteiger partial charge in [-0.3, -0.25) is 14.5 Å². The zero-order chi connectivity index (χ0) is 30.2. The number of aryl methyl sites for hydroxylation is 1. The van der Waals surface area contributed by atoms with Crippen molar-refractivity contribution >= 4 is 23.7 Å². The number of ether oxygens (including phenoxy) is 4. The molecule has 0 unspecified atom stereocenters. The van der Waals surface area contributed by atoms with Gasteiger partial charge < -0.3 is 45.3 Å². The number of phenolic OH excluding ortho intramolecular Hbond substituents is 2. The fourth-order valence-electron chi connectivity index (χ4n) is 7.20. The highest BCUT2D eigenvalue weighted by Gasteiger charge is 2.58. The van der Waals surface area contributed by atoms with E-state index in [1.165, 1.54) is 32.9 Å². The number of benzene rings is 2. The summed E-state index contributed by atoms with van der Waals surface area (Å²) in [6.07, 6.45) is -0.653. The Balaban J connectivity index is 1.67. The fourth-order valence-corrected chi connectivity index (χ4v) is 8.65. The van der Waals surface area contributed by atoms with Crippen LogP contribution >= 0.6 is 11.8 Å². The zero-order valence-corrected chi connectivity index (χ0v) is 24.8. The van der Waals surface area contributed by atoms with E-state index in [2.05, 4.69) is 5.32 Å². The highest BCUT2D eigenvalue weighted by Crippen LogP contribution is 2.61. The monoisotopic (exact) mass is 601 g/mol. The van der Waals surface area contributed by atoms with Gasteiger partial charge in [0.05, 0.1) is 37.6 Å². The Hall–Kier alpha value is -3.23. The first-order valence-electron chi connectivity index (χ1n) is 13.8. The molecule has 0 radical (unpaired) electrons. The molecule has 4 aliphatic heterocycles. The van der Waals surface area contributed by atoms with E-state index in [4.69, 9.17) is 24.7 Å². The Kier molecular flexibility index (Phi) is 7.21. The van der Waals surface area contributed by atoms with Crippen LogP contribution in [0.2, 0.25) is 0 Å². The first-order valence-corrected chi connectivity index (χ1v) is 14.8. The molecule has 7 atom stereocenters. The number of piperazine rings is 1. The van der Waals surface area contributed by atoms with Gasteiger partial charge in [0.1, 0.15) is 24.6 Å². The molecule has 0 amide bonds. The normalized spacial score (nSPS) is 30.0. The zero-order valence-electron chi connectivity index (χ0n) is 24.0. The van der Waals surface area contributed by atoms with E-state index in [1.807, 2.05) is 17.9 Å². The second-order valence-corrected chi connectivity index (χ2v) is 12.4. The van der Waals surface area contributed by atoms with Crippen LogP contribution in [-0.4, -0.2) is 83.1 Å². The lowest BCUT2D eigenvalue weighted by Gasteiger charge is -2.59. The molecular formula is C29H35N3O9S. The van der Waals surface area contributed by atoms with E-state index in [0.29, 0.717) is 34.4 Å². The number of hydrogen-bond donors (Lipinski definition) is 5. The molecule has 2 saturated heterocycles. The van der Waals surface area contributed by atoms with Crippen LogP contribution < -0.4 is 25.3 Å². The van der Waals surface area contributed by atoms with E-state index < -0.39 is 53.6 Å². The summed E-state index contributed by atoms with van der Waals surface area (Å²) in [6.45, 7) is 4.61. The maximum atomic E-state index is 12.8. The third-order valence-electron chi connectivity index (χ3n) is 8.83. The molecule has 2 aromatic carbocycles. The number of carbonyl (C=O) groups is 2. The van der Waals surface area contributed by atoms with Crippen molar-refractivity contribution < 1.29 is 43.9 Å². The molecule has 4 heterocycles. The van der Waals surface area contributed by atoms with Gasteiger partial charge >= 0.3 is 11.9 Å². The third kappa shape index (κ3) is 4.13. The van der Waals surface area contributed by atoms with Crippen molar-refractivity contribution in [2.75, 3.05) is 26.6 Å². The second kappa shape index (κ2) is 10.5. The molecule has 6 rings (SSSR count). The maximum Gasteiger partial charge on any atom is 0.323 e. The average molecular weight is 602 g/mol. The summed E-state index contributed by atoms with van der Waals surface area (Å²) in [5.41, 5.74) is 9.80. The largest absolute Gasteiger partial charge is 0.504 e.